The Hall–Kier alpha value is -1.84. The molecule has 1 aromatic carbocycles. The fourth-order valence-corrected chi connectivity index (χ4v) is 1.60. The van der Waals surface area contributed by atoms with Crippen molar-refractivity contribution in [3.05, 3.63) is 35.4 Å². The molecule has 0 saturated heterocycles. The van der Waals surface area contributed by atoms with E-state index in [0.717, 1.165) is 6.42 Å². The van der Waals surface area contributed by atoms with E-state index in [-0.39, 0.29) is 12.3 Å². The van der Waals surface area contributed by atoms with Crippen molar-refractivity contribution in [1.82, 2.24) is 5.32 Å². The lowest BCUT2D eigenvalue weighted by Gasteiger charge is -2.05. The predicted octanol–water partition coefficient (Wildman–Crippen LogP) is 2.23. The zero-order chi connectivity index (χ0) is 13.4. The summed E-state index contributed by atoms with van der Waals surface area (Å²) < 4.78 is 0. The van der Waals surface area contributed by atoms with Crippen molar-refractivity contribution in [1.29, 1.82) is 0 Å². The second-order valence-corrected chi connectivity index (χ2v) is 4.16. The van der Waals surface area contributed by atoms with E-state index in [4.69, 9.17) is 5.11 Å². The highest BCUT2D eigenvalue weighted by atomic mass is 16.4. The predicted molar refractivity (Wildman–Crippen MR) is 69.6 cm³/mol. The maximum absolute atomic E-state index is 11.7. The van der Waals surface area contributed by atoms with Crippen LogP contribution in [-0.4, -0.2) is 23.5 Å². The highest BCUT2D eigenvalue weighted by molar-refractivity contribution is 5.94. The van der Waals surface area contributed by atoms with Crippen LogP contribution in [0, 0.1) is 0 Å². The Balaban J connectivity index is 2.29. The Morgan fingerprint density at radius 1 is 1.17 bits per heavy atom. The average molecular weight is 249 g/mol. The number of hydrogen-bond acceptors (Lipinski definition) is 2. The topological polar surface area (TPSA) is 66.4 Å². The molecule has 0 aliphatic rings. The van der Waals surface area contributed by atoms with Crippen LogP contribution < -0.4 is 5.32 Å². The SMILES string of the molecule is CCc1ccc(C(=O)NCCCCC(=O)O)cc1. The van der Waals surface area contributed by atoms with Gasteiger partial charge in [0.1, 0.15) is 0 Å². The molecule has 0 atom stereocenters. The number of carbonyl (C=O) groups excluding carboxylic acids is 1. The Morgan fingerprint density at radius 2 is 1.83 bits per heavy atom. The molecule has 4 heteroatoms. The summed E-state index contributed by atoms with van der Waals surface area (Å²) in [5.41, 5.74) is 1.85. The molecule has 0 fully saturated rings. The van der Waals surface area contributed by atoms with Gasteiger partial charge in [0.15, 0.2) is 0 Å². The molecule has 18 heavy (non-hydrogen) atoms. The summed E-state index contributed by atoms with van der Waals surface area (Å²) in [6, 6.07) is 7.51. The van der Waals surface area contributed by atoms with Gasteiger partial charge in [0.05, 0.1) is 0 Å². The van der Waals surface area contributed by atoms with Crippen LogP contribution in [0.2, 0.25) is 0 Å². The third-order valence-electron chi connectivity index (χ3n) is 2.73. The third-order valence-corrected chi connectivity index (χ3v) is 2.73. The minimum Gasteiger partial charge on any atom is -0.481 e. The Labute approximate surface area is 107 Å². The van der Waals surface area contributed by atoms with E-state index in [0.29, 0.717) is 24.9 Å². The molecule has 0 bridgehead atoms. The Kier molecular flexibility index (Phi) is 5.91. The third kappa shape index (κ3) is 4.99. The van der Waals surface area contributed by atoms with Gasteiger partial charge in [0.25, 0.3) is 5.91 Å². The van der Waals surface area contributed by atoms with Crippen molar-refractivity contribution < 1.29 is 14.7 Å². The van der Waals surface area contributed by atoms with Gasteiger partial charge in [-0.1, -0.05) is 19.1 Å². The van der Waals surface area contributed by atoms with E-state index in [9.17, 15) is 9.59 Å². The molecule has 1 rings (SSSR count). The van der Waals surface area contributed by atoms with Crippen LogP contribution >= 0.6 is 0 Å². The van der Waals surface area contributed by atoms with Crippen LogP contribution in [0.15, 0.2) is 24.3 Å². The molecule has 0 heterocycles. The molecule has 4 nitrogen and oxygen atoms in total. The normalized spacial score (nSPS) is 10.1. The minimum atomic E-state index is -0.795. The van der Waals surface area contributed by atoms with Crippen LogP contribution in [0.3, 0.4) is 0 Å². The largest absolute Gasteiger partial charge is 0.481 e. The molecular formula is C14H19NO3. The summed E-state index contributed by atoms with van der Waals surface area (Å²) in [7, 11) is 0. The van der Waals surface area contributed by atoms with E-state index in [1.807, 2.05) is 24.3 Å². The lowest BCUT2D eigenvalue weighted by molar-refractivity contribution is -0.137. The zero-order valence-corrected chi connectivity index (χ0v) is 10.6. The van der Waals surface area contributed by atoms with Crippen molar-refractivity contribution in [2.45, 2.75) is 32.6 Å². The maximum atomic E-state index is 11.7. The number of carboxylic acids is 1. The van der Waals surface area contributed by atoms with E-state index >= 15 is 0 Å². The van der Waals surface area contributed by atoms with Crippen LogP contribution in [0.5, 0.6) is 0 Å². The van der Waals surface area contributed by atoms with Crippen molar-refractivity contribution in [3.8, 4) is 0 Å². The van der Waals surface area contributed by atoms with E-state index in [1.165, 1.54) is 5.56 Å². The van der Waals surface area contributed by atoms with E-state index < -0.39 is 5.97 Å². The van der Waals surface area contributed by atoms with Gasteiger partial charge in [-0.05, 0) is 37.0 Å². The lowest BCUT2D eigenvalue weighted by atomic mass is 10.1. The number of carbonyl (C=O) groups is 2. The van der Waals surface area contributed by atoms with Crippen LogP contribution in [0.25, 0.3) is 0 Å². The summed E-state index contributed by atoms with van der Waals surface area (Å²) in [6.45, 7) is 2.58. The molecule has 2 N–H and O–H groups in total. The molecule has 0 saturated carbocycles. The summed E-state index contributed by atoms with van der Waals surface area (Å²) in [5.74, 6) is -0.899. The van der Waals surface area contributed by atoms with Gasteiger partial charge in [-0.25, -0.2) is 0 Å². The van der Waals surface area contributed by atoms with Crippen molar-refractivity contribution in [2.75, 3.05) is 6.54 Å². The number of benzene rings is 1. The quantitative estimate of drug-likeness (QED) is 0.728. The van der Waals surface area contributed by atoms with Gasteiger partial charge >= 0.3 is 5.97 Å². The second-order valence-electron chi connectivity index (χ2n) is 4.16. The van der Waals surface area contributed by atoms with Gasteiger partial charge in [-0.3, -0.25) is 9.59 Å². The number of carboxylic acid groups (broad SMARTS) is 1. The van der Waals surface area contributed by atoms with Crippen molar-refractivity contribution >= 4 is 11.9 Å². The molecule has 0 unspecified atom stereocenters. The van der Waals surface area contributed by atoms with Crippen molar-refractivity contribution in [2.24, 2.45) is 0 Å². The monoisotopic (exact) mass is 249 g/mol. The molecular weight excluding hydrogens is 230 g/mol. The first-order valence-corrected chi connectivity index (χ1v) is 6.22. The van der Waals surface area contributed by atoms with Gasteiger partial charge in [0, 0.05) is 18.5 Å². The first kappa shape index (κ1) is 14.2. The molecule has 0 radical (unpaired) electrons. The summed E-state index contributed by atoms with van der Waals surface area (Å²) in [5, 5.41) is 11.2. The Bertz CT molecular complexity index is 398. The first-order valence-electron chi connectivity index (χ1n) is 6.22. The van der Waals surface area contributed by atoms with Crippen LogP contribution in [0.1, 0.15) is 42.1 Å². The first-order chi connectivity index (χ1) is 8.63. The zero-order valence-electron chi connectivity index (χ0n) is 10.6. The van der Waals surface area contributed by atoms with Gasteiger partial charge < -0.3 is 10.4 Å². The molecule has 1 amide bonds. The number of rotatable bonds is 7. The number of amides is 1. The highest BCUT2D eigenvalue weighted by Crippen LogP contribution is 2.05. The smallest absolute Gasteiger partial charge is 0.303 e. The fourth-order valence-electron chi connectivity index (χ4n) is 1.60. The molecule has 98 valence electrons. The minimum absolute atomic E-state index is 0.104. The number of aryl methyl sites for hydroxylation is 1. The molecule has 1 aromatic rings. The fraction of sp³-hybridized carbons (Fsp3) is 0.429. The van der Waals surface area contributed by atoms with Crippen molar-refractivity contribution in [3.63, 3.8) is 0 Å². The molecule has 0 spiro atoms. The standard InChI is InChI=1S/C14H19NO3/c1-2-11-6-8-12(9-7-11)14(18)15-10-4-3-5-13(16)17/h6-9H,2-5,10H2,1H3,(H,15,18)(H,16,17). The molecule has 0 aliphatic carbocycles. The number of hydrogen-bond donors (Lipinski definition) is 2. The van der Waals surface area contributed by atoms with E-state index in [1.54, 1.807) is 0 Å². The number of nitrogens with one attached hydrogen (secondary N) is 1. The lowest BCUT2D eigenvalue weighted by Crippen LogP contribution is -2.24. The van der Waals surface area contributed by atoms with E-state index in [2.05, 4.69) is 12.2 Å². The molecule has 0 aromatic heterocycles. The summed E-state index contributed by atoms with van der Waals surface area (Å²) in [4.78, 5) is 22.0. The highest BCUT2D eigenvalue weighted by Gasteiger charge is 2.04. The van der Waals surface area contributed by atoms with Gasteiger partial charge in [0.2, 0.25) is 0 Å². The van der Waals surface area contributed by atoms with Crippen LogP contribution in [0.4, 0.5) is 0 Å². The number of unbranched alkanes of at least 4 members (excludes halogenated alkanes) is 1. The molecule has 0 aliphatic heterocycles. The summed E-state index contributed by atoms with van der Waals surface area (Å²) in [6.07, 6.45) is 2.38. The maximum Gasteiger partial charge on any atom is 0.303 e. The second kappa shape index (κ2) is 7.48. The van der Waals surface area contributed by atoms with Gasteiger partial charge in [-0.15, -0.1) is 0 Å². The Morgan fingerprint density at radius 3 is 2.39 bits per heavy atom. The summed E-state index contributed by atoms with van der Waals surface area (Å²) >= 11 is 0. The van der Waals surface area contributed by atoms with Crippen LogP contribution in [-0.2, 0) is 11.2 Å². The van der Waals surface area contributed by atoms with Gasteiger partial charge in [-0.2, -0.15) is 0 Å². The average Bonchev–Trinajstić information content (AvgIpc) is 2.38. The number of aliphatic carboxylic acids is 1.